The fourth-order valence-corrected chi connectivity index (χ4v) is 3.84. The molecule has 0 aromatic heterocycles. The molecule has 4 nitrogen and oxygen atoms in total. The van der Waals surface area contributed by atoms with Gasteiger partial charge < -0.3 is 14.2 Å². The van der Waals surface area contributed by atoms with E-state index in [1.807, 2.05) is 0 Å². The number of carbonyl (C=O) groups excluding carboxylic acids is 1. The predicted octanol–water partition coefficient (Wildman–Crippen LogP) is 2.75. The van der Waals surface area contributed by atoms with E-state index in [-0.39, 0.29) is 12.8 Å². The van der Waals surface area contributed by atoms with Gasteiger partial charge in [0.1, 0.15) is 17.3 Å². The fourth-order valence-electron chi connectivity index (χ4n) is 3.84. The van der Waals surface area contributed by atoms with Crippen molar-refractivity contribution in [3.63, 3.8) is 0 Å². The number of halogens is 4. The van der Waals surface area contributed by atoms with Crippen molar-refractivity contribution in [2.24, 2.45) is 5.92 Å². The van der Waals surface area contributed by atoms with Gasteiger partial charge in [-0.25, -0.2) is 4.39 Å². The van der Waals surface area contributed by atoms with Crippen LogP contribution in [0.15, 0.2) is 11.6 Å². The van der Waals surface area contributed by atoms with Crippen LogP contribution < -0.4 is 0 Å². The zero-order valence-corrected chi connectivity index (χ0v) is 13.7. The van der Waals surface area contributed by atoms with Crippen LogP contribution in [0.4, 0.5) is 17.6 Å². The Morgan fingerprint density at radius 2 is 2.08 bits per heavy atom. The van der Waals surface area contributed by atoms with Gasteiger partial charge in [0, 0.05) is 19.1 Å². The molecule has 2 heterocycles. The van der Waals surface area contributed by atoms with Gasteiger partial charge in [0.25, 0.3) is 0 Å². The first-order valence-corrected chi connectivity index (χ1v) is 7.81. The van der Waals surface area contributed by atoms with Crippen LogP contribution in [0.5, 0.6) is 0 Å². The van der Waals surface area contributed by atoms with Crippen LogP contribution in [-0.2, 0) is 19.0 Å². The van der Waals surface area contributed by atoms with Crippen LogP contribution in [-0.4, -0.2) is 55.3 Å². The second kappa shape index (κ2) is 5.51. The summed E-state index contributed by atoms with van der Waals surface area (Å²) in [5, 5.41) is 0. The van der Waals surface area contributed by atoms with E-state index in [9.17, 15) is 22.4 Å². The van der Waals surface area contributed by atoms with Gasteiger partial charge in [0.15, 0.2) is 12.0 Å². The predicted molar refractivity (Wildman–Crippen MR) is 75.2 cm³/mol. The summed E-state index contributed by atoms with van der Waals surface area (Å²) in [5.41, 5.74) is -2.38. The highest BCUT2D eigenvalue weighted by atomic mass is 19.4. The molecular weight excluding hydrogens is 332 g/mol. The van der Waals surface area contributed by atoms with Gasteiger partial charge in [-0.05, 0) is 20.3 Å². The Bertz CT molecular complexity index is 569. The molecule has 0 amide bonds. The van der Waals surface area contributed by atoms with E-state index in [2.05, 4.69) is 0 Å². The number of ketones is 1. The Hall–Kier alpha value is -0.990. The van der Waals surface area contributed by atoms with Crippen LogP contribution >= 0.6 is 0 Å². The van der Waals surface area contributed by atoms with E-state index in [1.54, 1.807) is 6.92 Å². The Balaban J connectivity index is 1.77. The smallest absolute Gasteiger partial charge is 0.373 e. The lowest BCUT2D eigenvalue weighted by Crippen LogP contribution is -2.56. The van der Waals surface area contributed by atoms with Crippen LogP contribution in [0.2, 0.25) is 0 Å². The third-order valence-electron chi connectivity index (χ3n) is 5.43. The second-order valence-corrected chi connectivity index (χ2v) is 6.97. The number of carbonyl (C=O) groups is 1. The second-order valence-electron chi connectivity index (χ2n) is 6.97. The molecule has 0 bridgehead atoms. The Kier molecular flexibility index (Phi) is 4.09. The van der Waals surface area contributed by atoms with Gasteiger partial charge in [-0.3, -0.25) is 4.79 Å². The van der Waals surface area contributed by atoms with E-state index in [0.29, 0.717) is 6.61 Å². The maximum Gasteiger partial charge on any atom is 0.412 e. The standard InChI is InChI=1S/C16H20F4O4/c1-8(16(18,19)20)4-5-10-14(2,24-10)13-12(22-3)11(21)9(17)6-15(13)7-23-15/h4,9-10,12-13H,5-7H2,1-3H3/b8-4+/t9-,10?,12+,13+,14?,15-/m0/s1. The molecule has 3 aliphatic rings. The molecule has 136 valence electrons. The van der Waals surface area contributed by atoms with Crippen molar-refractivity contribution in [1.82, 2.24) is 0 Å². The highest BCUT2D eigenvalue weighted by Gasteiger charge is 2.73. The van der Waals surface area contributed by atoms with Gasteiger partial charge in [0.2, 0.25) is 0 Å². The van der Waals surface area contributed by atoms with Crippen LogP contribution in [0.3, 0.4) is 0 Å². The van der Waals surface area contributed by atoms with Gasteiger partial charge in [-0.1, -0.05) is 6.08 Å². The lowest BCUT2D eigenvalue weighted by atomic mass is 9.68. The zero-order chi connectivity index (χ0) is 17.9. The van der Waals surface area contributed by atoms with Crippen LogP contribution in [0, 0.1) is 5.92 Å². The number of hydrogen-bond acceptors (Lipinski definition) is 4. The number of methoxy groups -OCH3 is 1. The van der Waals surface area contributed by atoms with Crippen molar-refractivity contribution in [2.45, 2.75) is 62.4 Å². The first-order chi connectivity index (χ1) is 11.0. The minimum absolute atomic E-state index is 0.0561. The molecule has 1 saturated carbocycles. The highest BCUT2D eigenvalue weighted by Crippen LogP contribution is 2.59. The summed E-state index contributed by atoms with van der Waals surface area (Å²) in [5.74, 6) is -1.18. The van der Waals surface area contributed by atoms with Crippen molar-refractivity contribution in [1.29, 1.82) is 0 Å². The highest BCUT2D eigenvalue weighted by molar-refractivity contribution is 5.89. The maximum atomic E-state index is 13.9. The van der Waals surface area contributed by atoms with Gasteiger partial charge in [0.05, 0.1) is 18.6 Å². The Morgan fingerprint density at radius 3 is 2.58 bits per heavy atom. The van der Waals surface area contributed by atoms with Crippen molar-refractivity contribution < 1.29 is 36.6 Å². The molecule has 24 heavy (non-hydrogen) atoms. The number of alkyl halides is 4. The molecule has 2 unspecified atom stereocenters. The van der Waals surface area contributed by atoms with Gasteiger partial charge in [-0.15, -0.1) is 0 Å². The molecule has 0 aromatic rings. The lowest BCUT2D eigenvalue weighted by molar-refractivity contribution is -0.150. The molecule has 0 N–H and O–H groups in total. The summed E-state index contributed by atoms with van der Waals surface area (Å²) in [6.07, 6.45) is -6.43. The first-order valence-electron chi connectivity index (χ1n) is 7.81. The number of hydrogen-bond donors (Lipinski definition) is 0. The molecule has 3 rings (SSSR count). The zero-order valence-electron chi connectivity index (χ0n) is 13.7. The number of allylic oxidation sites excluding steroid dienone is 1. The number of rotatable bonds is 4. The van der Waals surface area contributed by atoms with E-state index >= 15 is 0 Å². The molecule has 2 aliphatic heterocycles. The third kappa shape index (κ3) is 2.78. The summed E-state index contributed by atoms with van der Waals surface area (Å²) in [6, 6.07) is 0. The van der Waals surface area contributed by atoms with Gasteiger partial charge >= 0.3 is 6.18 Å². The largest absolute Gasteiger partial charge is 0.412 e. The van der Waals surface area contributed by atoms with E-state index in [0.717, 1.165) is 13.0 Å². The Labute approximate surface area is 137 Å². The quantitative estimate of drug-likeness (QED) is 0.444. The van der Waals surface area contributed by atoms with Crippen molar-refractivity contribution in [2.75, 3.05) is 13.7 Å². The van der Waals surface area contributed by atoms with E-state index < -0.39 is 53.0 Å². The molecule has 0 radical (unpaired) electrons. The third-order valence-corrected chi connectivity index (χ3v) is 5.43. The van der Waals surface area contributed by atoms with Crippen molar-refractivity contribution >= 4 is 5.78 Å². The molecule has 1 spiro atoms. The molecule has 3 fully saturated rings. The lowest BCUT2D eigenvalue weighted by Gasteiger charge is -2.38. The van der Waals surface area contributed by atoms with E-state index in [1.165, 1.54) is 7.11 Å². The molecule has 6 atom stereocenters. The molecular formula is C16H20F4O4. The van der Waals surface area contributed by atoms with Gasteiger partial charge in [-0.2, -0.15) is 13.2 Å². The van der Waals surface area contributed by atoms with Crippen molar-refractivity contribution in [3.05, 3.63) is 11.6 Å². The SMILES string of the molecule is CO[C@@H]1C(=O)[C@@H](F)C[C@]2(CO2)[C@H]1C1(C)OC1C/C=C(\C)C(F)(F)F. The maximum absolute atomic E-state index is 13.9. The number of ether oxygens (including phenoxy) is 3. The monoisotopic (exact) mass is 352 g/mol. The fraction of sp³-hybridized carbons (Fsp3) is 0.812. The summed E-state index contributed by atoms with van der Waals surface area (Å²) in [4.78, 5) is 12.1. The van der Waals surface area contributed by atoms with Crippen molar-refractivity contribution in [3.8, 4) is 0 Å². The minimum Gasteiger partial charge on any atom is -0.373 e. The average molecular weight is 352 g/mol. The number of epoxide rings is 2. The summed E-state index contributed by atoms with van der Waals surface area (Å²) >= 11 is 0. The Morgan fingerprint density at radius 1 is 1.46 bits per heavy atom. The average Bonchev–Trinajstić information content (AvgIpc) is 3.38. The first kappa shape index (κ1) is 17.8. The van der Waals surface area contributed by atoms with Crippen LogP contribution in [0.1, 0.15) is 26.7 Å². The minimum atomic E-state index is -4.37. The molecule has 1 aliphatic carbocycles. The summed E-state index contributed by atoms with van der Waals surface area (Å²) in [7, 11) is 1.32. The molecule has 8 heteroatoms. The molecule has 0 aromatic carbocycles. The normalized spacial score (nSPS) is 45.6. The summed E-state index contributed by atoms with van der Waals surface area (Å²) in [6.45, 7) is 3.02. The topological polar surface area (TPSA) is 51.4 Å². The van der Waals surface area contributed by atoms with Crippen LogP contribution in [0.25, 0.3) is 0 Å². The summed E-state index contributed by atoms with van der Waals surface area (Å²) < 4.78 is 68.0. The van der Waals surface area contributed by atoms with E-state index in [4.69, 9.17) is 14.2 Å². The number of Topliss-reactive ketones (excluding diaryl/α,β-unsaturated/α-hetero) is 1. The molecule has 2 saturated heterocycles.